The minimum Gasteiger partial charge on any atom is -0.363 e. The molecule has 0 aliphatic carbocycles. The number of benzene rings is 2. The zero-order chi connectivity index (χ0) is 26.6. The van der Waals surface area contributed by atoms with Gasteiger partial charge in [0.25, 0.3) is 5.56 Å². The minimum absolute atomic E-state index is 0.0418. The molecule has 0 fully saturated rings. The summed E-state index contributed by atoms with van der Waals surface area (Å²) in [6.45, 7) is 0. The van der Waals surface area contributed by atoms with E-state index >= 15 is 0 Å². The van der Waals surface area contributed by atoms with Gasteiger partial charge in [0.05, 0.1) is 23.2 Å². The van der Waals surface area contributed by atoms with Crippen LogP contribution in [0.4, 0.5) is 24.9 Å². The first-order chi connectivity index (χ1) is 17.7. The second-order valence-electron chi connectivity index (χ2n) is 8.10. The van der Waals surface area contributed by atoms with Crippen LogP contribution >= 0.6 is 0 Å². The Balaban J connectivity index is 1.56. The van der Waals surface area contributed by atoms with Crippen molar-refractivity contribution < 1.29 is 13.2 Å². The predicted octanol–water partition coefficient (Wildman–Crippen LogP) is 4.90. The summed E-state index contributed by atoms with van der Waals surface area (Å²) in [6, 6.07) is 19.3. The lowest BCUT2D eigenvalue weighted by atomic mass is 10.1. The van der Waals surface area contributed by atoms with Crippen LogP contribution in [0, 0.1) is 11.3 Å². The number of halogens is 3. The number of nitrogens with zero attached hydrogens (tertiary/aromatic N) is 5. The molecule has 0 spiro atoms. The Morgan fingerprint density at radius 1 is 1.03 bits per heavy atom. The van der Waals surface area contributed by atoms with E-state index in [9.17, 15) is 23.2 Å². The molecule has 0 aliphatic rings. The molecule has 11 heteroatoms. The van der Waals surface area contributed by atoms with Crippen molar-refractivity contribution in [3.05, 3.63) is 93.8 Å². The molecule has 2 heterocycles. The van der Waals surface area contributed by atoms with Crippen LogP contribution in [0.2, 0.25) is 0 Å². The maximum absolute atomic E-state index is 13.3. The number of hydrazone groups is 1. The summed E-state index contributed by atoms with van der Waals surface area (Å²) >= 11 is 0. The number of hydrogen-bond acceptors (Lipinski definition) is 7. The zero-order valence-electron chi connectivity index (χ0n) is 19.7. The van der Waals surface area contributed by atoms with Crippen LogP contribution in [0.3, 0.4) is 0 Å². The van der Waals surface area contributed by atoms with Gasteiger partial charge in [-0.25, -0.2) is 15.4 Å². The number of aromatic nitrogens is 3. The second-order valence-corrected chi connectivity index (χ2v) is 8.10. The molecule has 4 rings (SSSR count). The molecule has 2 N–H and O–H groups in total. The van der Waals surface area contributed by atoms with E-state index in [1.165, 1.54) is 11.1 Å². The molecule has 2 aromatic carbocycles. The van der Waals surface area contributed by atoms with E-state index in [-0.39, 0.29) is 28.7 Å². The van der Waals surface area contributed by atoms with Crippen LogP contribution in [0.25, 0.3) is 22.5 Å². The fourth-order valence-electron chi connectivity index (χ4n) is 3.40. The molecule has 0 radical (unpaired) electrons. The van der Waals surface area contributed by atoms with E-state index in [0.29, 0.717) is 16.7 Å². The summed E-state index contributed by atoms with van der Waals surface area (Å²) in [7, 11) is 3.25. The maximum atomic E-state index is 13.3. The fraction of sp³-hybridized carbons (Fsp3) is 0.115. The highest BCUT2D eigenvalue weighted by Gasteiger charge is 2.32. The van der Waals surface area contributed by atoms with Crippen molar-refractivity contribution >= 4 is 18.0 Å². The van der Waals surface area contributed by atoms with Crippen molar-refractivity contribution in [3.63, 3.8) is 0 Å². The van der Waals surface area contributed by atoms with Gasteiger partial charge in [0.2, 0.25) is 5.95 Å². The van der Waals surface area contributed by atoms with Gasteiger partial charge >= 0.3 is 6.18 Å². The number of hydrogen-bond donors (Lipinski definition) is 2. The molecule has 8 nitrogen and oxygen atoms in total. The van der Waals surface area contributed by atoms with Crippen LogP contribution in [0.1, 0.15) is 16.7 Å². The fourth-order valence-corrected chi connectivity index (χ4v) is 3.40. The molecule has 0 amide bonds. The van der Waals surface area contributed by atoms with Gasteiger partial charge in [0.1, 0.15) is 17.5 Å². The first-order valence-corrected chi connectivity index (χ1v) is 10.9. The first-order valence-electron chi connectivity index (χ1n) is 10.9. The highest BCUT2D eigenvalue weighted by molar-refractivity contribution is 5.81. The number of nitrogens with one attached hydrogen (secondary N) is 2. The number of alkyl halides is 3. The molecule has 37 heavy (non-hydrogen) atoms. The smallest absolute Gasteiger partial charge is 0.363 e. The molecule has 0 saturated carbocycles. The highest BCUT2D eigenvalue weighted by Crippen LogP contribution is 2.34. The second kappa shape index (κ2) is 10.3. The summed E-state index contributed by atoms with van der Waals surface area (Å²) in [5.74, 6) is 0.235. The van der Waals surface area contributed by atoms with E-state index in [1.54, 1.807) is 62.6 Å². The van der Waals surface area contributed by atoms with Gasteiger partial charge in [-0.2, -0.15) is 23.5 Å². The standard InChI is InChI=1S/C26H20F3N7O/c1-36(2)22-13-19(26(27,28)29)12-21(32-22)17-10-8-16(9-11-17)15-31-35-25-33-23(18-6-4-3-5-7-18)20(14-30)24(37)34-25/h3-13,15H,1-2H3,(H2,33,34,35,37). The van der Waals surface area contributed by atoms with Crippen LogP contribution in [-0.2, 0) is 6.18 Å². The summed E-state index contributed by atoms with van der Waals surface area (Å²) in [4.78, 5) is 24.9. The number of anilines is 2. The lowest BCUT2D eigenvalue weighted by Crippen LogP contribution is -2.16. The summed E-state index contributed by atoms with van der Waals surface area (Å²) in [5.41, 5.74) is 3.29. The number of nitriles is 1. The normalized spacial score (nSPS) is 11.4. The number of aromatic amines is 1. The summed E-state index contributed by atoms with van der Waals surface area (Å²) in [5, 5.41) is 13.4. The maximum Gasteiger partial charge on any atom is 0.416 e. The summed E-state index contributed by atoms with van der Waals surface area (Å²) < 4.78 is 40.0. The van der Waals surface area contributed by atoms with Crippen LogP contribution < -0.4 is 15.9 Å². The lowest BCUT2D eigenvalue weighted by Gasteiger charge is -2.16. The van der Waals surface area contributed by atoms with Gasteiger partial charge in [0, 0.05) is 25.2 Å². The molecule has 0 atom stereocenters. The molecule has 186 valence electrons. The number of H-pyrrole nitrogens is 1. The van der Waals surface area contributed by atoms with Crippen molar-refractivity contribution in [2.75, 3.05) is 24.4 Å². The quantitative estimate of drug-likeness (QED) is 0.286. The van der Waals surface area contributed by atoms with Gasteiger partial charge in [0.15, 0.2) is 0 Å². The topological polar surface area (TPSA) is 110 Å². The van der Waals surface area contributed by atoms with Crippen molar-refractivity contribution in [3.8, 4) is 28.6 Å². The van der Waals surface area contributed by atoms with E-state index in [0.717, 1.165) is 12.1 Å². The highest BCUT2D eigenvalue weighted by atomic mass is 19.4. The van der Waals surface area contributed by atoms with E-state index in [4.69, 9.17) is 0 Å². The van der Waals surface area contributed by atoms with Crippen LogP contribution in [-0.4, -0.2) is 35.3 Å². The average Bonchev–Trinajstić information content (AvgIpc) is 2.88. The van der Waals surface area contributed by atoms with Crippen molar-refractivity contribution in [1.82, 2.24) is 15.0 Å². The molecule has 4 aromatic rings. The lowest BCUT2D eigenvalue weighted by molar-refractivity contribution is -0.137. The Morgan fingerprint density at radius 3 is 2.35 bits per heavy atom. The molecular weight excluding hydrogens is 483 g/mol. The van der Waals surface area contributed by atoms with Crippen molar-refractivity contribution in [2.45, 2.75) is 6.18 Å². The SMILES string of the molecule is CN(C)c1cc(C(F)(F)F)cc(-c2ccc(C=NNc3nc(-c4ccccc4)c(C#N)c(=O)[nH]3)cc2)n1. The minimum atomic E-state index is -4.50. The third-order valence-electron chi connectivity index (χ3n) is 5.27. The Hall–Kier alpha value is -4.98. The number of pyridine rings is 1. The average molecular weight is 503 g/mol. The third-order valence-corrected chi connectivity index (χ3v) is 5.27. The van der Waals surface area contributed by atoms with Gasteiger partial charge < -0.3 is 4.90 Å². The number of rotatable bonds is 6. The molecular formula is C26H20F3N7O. The Kier molecular flexibility index (Phi) is 7.01. The van der Waals surface area contributed by atoms with E-state index in [1.807, 2.05) is 12.1 Å². The van der Waals surface area contributed by atoms with Gasteiger partial charge in [-0.3, -0.25) is 9.78 Å². The molecule has 2 aromatic heterocycles. The monoisotopic (exact) mass is 503 g/mol. The summed E-state index contributed by atoms with van der Waals surface area (Å²) in [6.07, 6.45) is -3.05. The van der Waals surface area contributed by atoms with E-state index in [2.05, 4.69) is 25.5 Å². The Labute approximate surface area is 209 Å². The van der Waals surface area contributed by atoms with Gasteiger partial charge in [-0.05, 0) is 17.7 Å². The molecule has 0 bridgehead atoms. The predicted molar refractivity (Wildman–Crippen MR) is 135 cm³/mol. The third kappa shape index (κ3) is 5.82. The van der Waals surface area contributed by atoms with Crippen molar-refractivity contribution in [2.24, 2.45) is 5.10 Å². The Bertz CT molecular complexity index is 1540. The Morgan fingerprint density at radius 2 is 1.73 bits per heavy atom. The van der Waals surface area contributed by atoms with Gasteiger partial charge in [-0.15, -0.1) is 0 Å². The van der Waals surface area contributed by atoms with Crippen molar-refractivity contribution in [1.29, 1.82) is 5.26 Å². The zero-order valence-corrected chi connectivity index (χ0v) is 19.7. The van der Waals surface area contributed by atoms with Gasteiger partial charge in [-0.1, -0.05) is 54.6 Å². The molecule has 0 aliphatic heterocycles. The molecule has 0 unspecified atom stereocenters. The van der Waals surface area contributed by atoms with E-state index < -0.39 is 17.3 Å². The van der Waals surface area contributed by atoms with Crippen LogP contribution in [0.5, 0.6) is 0 Å². The largest absolute Gasteiger partial charge is 0.416 e. The van der Waals surface area contributed by atoms with Crippen LogP contribution in [0.15, 0.2) is 76.6 Å². The first kappa shape index (κ1) is 25.1. The molecule has 0 saturated heterocycles.